The normalized spacial score (nSPS) is 13.9. The van der Waals surface area contributed by atoms with Crippen LogP contribution < -0.4 is 15.0 Å². The maximum atomic E-state index is 13.4. The highest BCUT2D eigenvalue weighted by molar-refractivity contribution is 7.11. The van der Waals surface area contributed by atoms with Crippen molar-refractivity contribution in [1.82, 2.24) is 0 Å². The summed E-state index contributed by atoms with van der Waals surface area (Å²) in [5.74, 6) is -0.260. The average Bonchev–Trinajstić information content (AvgIpc) is 3.32. The number of anilines is 2. The molecule has 2 amide bonds. The maximum absolute atomic E-state index is 13.4. The van der Waals surface area contributed by atoms with Gasteiger partial charge in [-0.3, -0.25) is 9.59 Å². The summed E-state index contributed by atoms with van der Waals surface area (Å²) in [5, 5.41) is 5.06. The Bertz CT molecular complexity index is 1090. The lowest BCUT2D eigenvalue weighted by Crippen LogP contribution is -2.32. The van der Waals surface area contributed by atoms with Crippen LogP contribution in [-0.4, -0.2) is 18.4 Å². The fourth-order valence-electron chi connectivity index (χ4n) is 3.21. The van der Waals surface area contributed by atoms with E-state index in [1.54, 1.807) is 18.2 Å². The highest BCUT2D eigenvalue weighted by Gasteiger charge is 2.41. The van der Waals surface area contributed by atoms with Gasteiger partial charge in [0.25, 0.3) is 11.8 Å². The summed E-state index contributed by atoms with van der Waals surface area (Å²) in [6.45, 7) is 4.30. The highest BCUT2D eigenvalue weighted by Crippen LogP contribution is 2.38. The van der Waals surface area contributed by atoms with Crippen molar-refractivity contribution in [3.05, 3.63) is 82.2 Å². The number of nitrogens with zero attached hydrogens (tertiary/aromatic N) is 1. The van der Waals surface area contributed by atoms with Crippen LogP contribution in [0, 0.1) is 6.92 Å². The average molecular weight is 404 g/mol. The summed E-state index contributed by atoms with van der Waals surface area (Å²) in [6.07, 6.45) is 0. The van der Waals surface area contributed by atoms with E-state index in [4.69, 9.17) is 4.74 Å². The molecule has 0 spiro atoms. The Morgan fingerprint density at radius 3 is 2.41 bits per heavy atom. The molecule has 1 N–H and O–H groups in total. The SMILES string of the molecule is CCOc1ccccc1N1C(=O)C(Nc2ccc(C)cc2)=C(c2cccs2)C1=O. The van der Waals surface area contributed by atoms with E-state index in [9.17, 15) is 9.59 Å². The molecule has 0 atom stereocenters. The third-order valence-corrected chi connectivity index (χ3v) is 5.47. The smallest absolute Gasteiger partial charge is 0.282 e. The number of imide groups is 1. The van der Waals surface area contributed by atoms with Gasteiger partial charge in [0, 0.05) is 10.6 Å². The minimum atomic E-state index is -0.397. The van der Waals surface area contributed by atoms with Gasteiger partial charge in [0.05, 0.1) is 17.9 Å². The Labute approximate surface area is 173 Å². The van der Waals surface area contributed by atoms with Crippen molar-refractivity contribution in [2.24, 2.45) is 0 Å². The molecule has 4 rings (SSSR count). The van der Waals surface area contributed by atoms with Crippen molar-refractivity contribution in [1.29, 1.82) is 0 Å². The third kappa shape index (κ3) is 3.54. The minimum Gasteiger partial charge on any atom is -0.492 e. The summed E-state index contributed by atoms with van der Waals surface area (Å²) in [7, 11) is 0. The summed E-state index contributed by atoms with van der Waals surface area (Å²) in [4.78, 5) is 28.7. The van der Waals surface area contributed by atoms with E-state index in [0.29, 0.717) is 23.6 Å². The molecule has 146 valence electrons. The molecule has 2 aromatic carbocycles. The van der Waals surface area contributed by atoms with Crippen LogP contribution in [0.15, 0.2) is 71.7 Å². The second kappa shape index (κ2) is 7.93. The van der Waals surface area contributed by atoms with E-state index in [1.807, 2.05) is 61.7 Å². The number of para-hydroxylation sites is 2. The molecule has 1 aromatic heterocycles. The highest BCUT2D eigenvalue weighted by atomic mass is 32.1. The van der Waals surface area contributed by atoms with Crippen molar-refractivity contribution in [3.8, 4) is 5.75 Å². The van der Waals surface area contributed by atoms with Crippen molar-refractivity contribution >= 4 is 40.1 Å². The standard InChI is InChI=1S/C23H20N2O3S/c1-3-28-18-8-5-4-7-17(18)25-22(26)20(19-9-6-14-29-19)21(23(25)27)24-16-12-10-15(2)11-13-16/h4-14,24H,3H2,1-2H3. The molecule has 0 fully saturated rings. The molecule has 0 saturated carbocycles. The lowest BCUT2D eigenvalue weighted by atomic mass is 10.1. The molecule has 29 heavy (non-hydrogen) atoms. The fourth-order valence-corrected chi connectivity index (χ4v) is 3.98. The van der Waals surface area contributed by atoms with Gasteiger partial charge in [-0.05, 0) is 49.6 Å². The van der Waals surface area contributed by atoms with Crippen molar-refractivity contribution in [2.75, 3.05) is 16.8 Å². The summed E-state index contributed by atoms with van der Waals surface area (Å²) < 4.78 is 5.66. The van der Waals surface area contributed by atoms with Gasteiger partial charge in [-0.1, -0.05) is 35.9 Å². The van der Waals surface area contributed by atoms with Crippen LogP contribution >= 0.6 is 11.3 Å². The first-order chi connectivity index (χ1) is 14.1. The molecule has 2 heterocycles. The zero-order valence-electron chi connectivity index (χ0n) is 16.1. The molecule has 3 aromatic rings. The van der Waals surface area contributed by atoms with E-state index in [1.165, 1.54) is 16.2 Å². The number of nitrogens with one attached hydrogen (secondary N) is 1. The van der Waals surface area contributed by atoms with Crippen molar-refractivity contribution in [3.63, 3.8) is 0 Å². The van der Waals surface area contributed by atoms with Gasteiger partial charge in [0.2, 0.25) is 0 Å². The first kappa shape index (κ1) is 19.0. The Morgan fingerprint density at radius 1 is 0.966 bits per heavy atom. The molecule has 0 aliphatic carbocycles. The van der Waals surface area contributed by atoms with Gasteiger partial charge in [0.1, 0.15) is 11.4 Å². The van der Waals surface area contributed by atoms with Crippen LogP contribution in [0.3, 0.4) is 0 Å². The van der Waals surface area contributed by atoms with Gasteiger partial charge in [-0.2, -0.15) is 0 Å². The van der Waals surface area contributed by atoms with E-state index in [2.05, 4.69) is 5.32 Å². The molecule has 1 aliphatic heterocycles. The number of hydrogen-bond donors (Lipinski definition) is 1. The molecule has 1 aliphatic rings. The topological polar surface area (TPSA) is 58.6 Å². The zero-order chi connectivity index (χ0) is 20.4. The van der Waals surface area contributed by atoms with Crippen LogP contribution in [0.1, 0.15) is 17.4 Å². The monoisotopic (exact) mass is 404 g/mol. The van der Waals surface area contributed by atoms with Crippen LogP contribution in [0.2, 0.25) is 0 Å². The van der Waals surface area contributed by atoms with Crippen LogP contribution in [0.5, 0.6) is 5.75 Å². The number of thiophene rings is 1. The second-order valence-corrected chi connectivity index (χ2v) is 7.51. The quantitative estimate of drug-likeness (QED) is 0.597. The molecule has 0 unspecified atom stereocenters. The van der Waals surface area contributed by atoms with Gasteiger partial charge in [-0.25, -0.2) is 4.90 Å². The number of ether oxygens (including phenoxy) is 1. The summed E-state index contributed by atoms with van der Waals surface area (Å²) >= 11 is 1.43. The van der Waals surface area contributed by atoms with Gasteiger partial charge in [-0.15, -0.1) is 11.3 Å². The molecule has 0 radical (unpaired) electrons. The van der Waals surface area contributed by atoms with E-state index < -0.39 is 5.91 Å². The maximum Gasteiger partial charge on any atom is 0.282 e. The molecule has 5 nitrogen and oxygen atoms in total. The fraction of sp³-hybridized carbons (Fsp3) is 0.130. The Balaban J connectivity index is 1.79. The molecule has 0 bridgehead atoms. The lowest BCUT2D eigenvalue weighted by Gasteiger charge is -2.19. The Kier molecular flexibility index (Phi) is 5.18. The number of rotatable bonds is 6. The number of benzene rings is 2. The predicted molar refractivity (Wildman–Crippen MR) is 116 cm³/mol. The van der Waals surface area contributed by atoms with Crippen LogP contribution in [0.25, 0.3) is 5.57 Å². The Hall–Kier alpha value is -3.38. The van der Waals surface area contributed by atoms with Crippen LogP contribution in [0.4, 0.5) is 11.4 Å². The number of carbonyl (C=O) groups is 2. The van der Waals surface area contributed by atoms with E-state index in [-0.39, 0.29) is 11.6 Å². The largest absolute Gasteiger partial charge is 0.492 e. The number of carbonyl (C=O) groups excluding carboxylic acids is 2. The molecule has 0 saturated heterocycles. The molecular weight excluding hydrogens is 384 g/mol. The van der Waals surface area contributed by atoms with Crippen molar-refractivity contribution < 1.29 is 14.3 Å². The Morgan fingerprint density at radius 2 is 1.72 bits per heavy atom. The predicted octanol–water partition coefficient (Wildman–Crippen LogP) is 4.85. The summed E-state index contributed by atoms with van der Waals surface area (Å²) in [5.41, 5.74) is 2.95. The van der Waals surface area contributed by atoms with Gasteiger partial charge >= 0.3 is 0 Å². The lowest BCUT2D eigenvalue weighted by molar-refractivity contribution is -0.120. The number of hydrogen-bond acceptors (Lipinski definition) is 5. The van der Waals surface area contributed by atoms with Gasteiger partial charge in [0.15, 0.2) is 0 Å². The van der Waals surface area contributed by atoms with E-state index in [0.717, 1.165) is 16.1 Å². The summed E-state index contributed by atoms with van der Waals surface area (Å²) in [6, 6.07) is 18.5. The first-order valence-electron chi connectivity index (χ1n) is 9.32. The number of aryl methyl sites for hydroxylation is 1. The number of amides is 2. The van der Waals surface area contributed by atoms with Gasteiger partial charge < -0.3 is 10.1 Å². The van der Waals surface area contributed by atoms with Crippen molar-refractivity contribution in [2.45, 2.75) is 13.8 Å². The minimum absolute atomic E-state index is 0.271. The molecular formula is C23H20N2O3S. The first-order valence-corrected chi connectivity index (χ1v) is 10.2. The third-order valence-electron chi connectivity index (χ3n) is 4.58. The second-order valence-electron chi connectivity index (χ2n) is 6.56. The zero-order valence-corrected chi connectivity index (χ0v) is 17.0. The molecule has 6 heteroatoms. The van der Waals surface area contributed by atoms with E-state index >= 15 is 0 Å². The van der Waals surface area contributed by atoms with Crippen LogP contribution in [-0.2, 0) is 9.59 Å².